The van der Waals surface area contributed by atoms with Gasteiger partial charge >= 0.3 is 0 Å². The standard InChI is InChI=1S/C17H27NO2/c1-13(2)15(19)12-16(20)18-10-7-14(8-11-18)6-9-17(3,4)5/h13-14H,7-8,10-12H2,1-5H3. The molecule has 0 atom stereocenters. The number of Topliss-reactive ketones (excluding diaryl/α,β-unsaturated/α-hetero) is 1. The molecule has 112 valence electrons. The van der Waals surface area contributed by atoms with Crippen LogP contribution >= 0.6 is 0 Å². The Morgan fingerprint density at radius 1 is 1.20 bits per heavy atom. The Kier molecular flexibility index (Phi) is 5.80. The molecule has 1 fully saturated rings. The van der Waals surface area contributed by atoms with Gasteiger partial charge in [0.25, 0.3) is 0 Å². The van der Waals surface area contributed by atoms with Crippen molar-refractivity contribution in [2.45, 2.75) is 53.9 Å². The van der Waals surface area contributed by atoms with E-state index >= 15 is 0 Å². The third kappa shape index (κ3) is 5.77. The largest absolute Gasteiger partial charge is 0.342 e. The maximum Gasteiger partial charge on any atom is 0.230 e. The van der Waals surface area contributed by atoms with Crippen LogP contribution in [0.1, 0.15) is 53.9 Å². The average molecular weight is 277 g/mol. The number of likely N-dealkylation sites (tertiary alicyclic amines) is 1. The van der Waals surface area contributed by atoms with Gasteiger partial charge in [0, 0.05) is 30.3 Å². The third-order valence-corrected chi connectivity index (χ3v) is 3.47. The van der Waals surface area contributed by atoms with Crippen molar-refractivity contribution in [3.8, 4) is 11.8 Å². The smallest absolute Gasteiger partial charge is 0.230 e. The number of carbonyl (C=O) groups excluding carboxylic acids is 2. The molecular formula is C17H27NO2. The van der Waals surface area contributed by atoms with Crippen molar-refractivity contribution >= 4 is 11.7 Å². The second kappa shape index (κ2) is 6.92. The summed E-state index contributed by atoms with van der Waals surface area (Å²) in [5, 5.41) is 0. The SMILES string of the molecule is CC(C)C(=O)CC(=O)N1CCC(C#CC(C)(C)C)CC1. The summed E-state index contributed by atoms with van der Waals surface area (Å²) in [4.78, 5) is 25.4. The minimum Gasteiger partial charge on any atom is -0.342 e. The zero-order valence-electron chi connectivity index (χ0n) is 13.5. The lowest BCUT2D eigenvalue weighted by molar-refractivity contribution is -0.137. The number of nitrogens with zero attached hydrogens (tertiary/aromatic N) is 1. The Labute approximate surface area is 123 Å². The van der Waals surface area contributed by atoms with E-state index in [0.29, 0.717) is 5.92 Å². The van der Waals surface area contributed by atoms with Crippen LogP contribution in [-0.4, -0.2) is 29.7 Å². The second-order valence-electron chi connectivity index (χ2n) is 6.97. The fraction of sp³-hybridized carbons (Fsp3) is 0.765. The first-order valence-electron chi connectivity index (χ1n) is 7.52. The first kappa shape index (κ1) is 16.8. The Hall–Kier alpha value is -1.30. The molecule has 1 aliphatic heterocycles. The zero-order valence-corrected chi connectivity index (χ0v) is 13.5. The number of rotatable bonds is 3. The van der Waals surface area contributed by atoms with Crippen LogP contribution in [0.15, 0.2) is 0 Å². The number of piperidine rings is 1. The van der Waals surface area contributed by atoms with Crippen molar-refractivity contribution in [1.29, 1.82) is 0 Å². The van der Waals surface area contributed by atoms with Crippen LogP contribution in [0.4, 0.5) is 0 Å². The van der Waals surface area contributed by atoms with Crippen molar-refractivity contribution in [2.75, 3.05) is 13.1 Å². The van der Waals surface area contributed by atoms with Gasteiger partial charge in [0.1, 0.15) is 5.78 Å². The molecule has 1 aliphatic rings. The summed E-state index contributed by atoms with van der Waals surface area (Å²) < 4.78 is 0. The number of hydrogen-bond acceptors (Lipinski definition) is 2. The molecule has 0 N–H and O–H groups in total. The molecule has 20 heavy (non-hydrogen) atoms. The molecule has 0 aromatic heterocycles. The van der Waals surface area contributed by atoms with Gasteiger partial charge in [-0.15, -0.1) is 0 Å². The van der Waals surface area contributed by atoms with E-state index in [9.17, 15) is 9.59 Å². The normalized spacial score (nSPS) is 16.8. The molecule has 3 nitrogen and oxygen atoms in total. The molecule has 0 aromatic carbocycles. The number of ketones is 1. The van der Waals surface area contributed by atoms with Crippen molar-refractivity contribution in [1.82, 2.24) is 4.90 Å². The van der Waals surface area contributed by atoms with Gasteiger partial charge in [-0.1, -0.05) is 25.7 Å². The number of hydrogen-bond donors (Lipinski definition) is 0. The van der Waals surface area contributed by atoms with Crippen LogP contribution in [-0.2, 0) is 9.59 Å². The highest BCUT2D eigenvalue weighted by molar-refractivity contribution is 5.98. The minimum absolute atomic E-state index is 0.0223. The van der Waals surface area contributed by atoms with Crippen LogP contribution < -0.4 is 0 Å². The summed E-state index contributed by atoms with van der Waals surface area (Å²) in [5.74, 6) is 6.94. The monoisotopic (exact) mass is 277 g/mol. The maximum absolute atomic E-state index is 12.0. The highest BCUT2D eigenvalue weighted by Gasteiger charge is 2.24. The fourth-order valence-electron chi connectivity index (χ4n) is 2.06. The molecule has 0 radical (unpaired) electrons. The van der Waals surface area contributed by atoms with E-state index in [1.54, 1.807) is 0 Å². The van der Waals surface area contributed by atoms with E-state index in [-0.39, 0.29) is 29.4 Å². The lowest BCUT2D eigenvalue weighted by atomic mass is 9.92. The third-order valence-electron chi connectivity index (χ3n) is 3.47. The molecule has 0 spiro atoms. The topological polar surface area (TPSA) is 37.4 Å². The number of carbonyl (C=O) groups is 2. The summed E-state index contributed by atoms with van der Waals surface area (Å²) >= 11 is 0. The zero-order chi connectivity index (χ0) is 15.3. The van der Waals surface area contributed by atoms with Crippen LogP contribution in [0.5, 0.6) is 0 Å². The van der Waals surface area contributed by atoms with Gasteiger partial charge in [-0.25, -0.2) is 0 Å². The first-order valence-corrected chi connectivity index (χ1v) is 7.52. The Morgan fingerprint density at radius 2 is 1.75 bits per heavy atom. The molecule has 0 bridgehead atoms. The van der Waals surface area contributed by atoms with Gasteiger partial charge in [0.05, 0.1) is 6.42 Å². The van der Waals surface area contributed by atoms with E-state index in [4.69, 9.17) is 0 Å². The summed E-state index contributed by atoms with van der Waals surface area (Å²) in [6, 6.07) is 0. The summed E-state index contributed by atoms with van der Waals surface area (Å²) in [7, 11) is 0. The number of amides is 1. The molecule has 1 amide bonds. The van der Waals surface area contributed by atoms with Crippen LogP contribution in [0.25, 0.3) is 0 Å². The Morgan fingerprint density at radius 3 is 2.20 bits per heavy atom. The molecule has 0 unspecified atom stereocenters. The van der Waals surface area contributed by atoms with E-state index < -0.39 is 0 Å². The van der Waals surface area contributed by atoms with E-state index in [1.165, 1.54) is 0 Å². The molecule has 0 saturated carbocycles. The van der Waals surface area contributed by atoms with Crippen molar-refractivity contribution in [3.63, 3.8) is 0 Å². The van der Waals surface area contributed by atoms with Crippen molar-refractivity contribution < 1.29 is 9.59 Å². The predicted octanol–water partition coefficient (Wildman–Crippen LogP) is 2.89. The second-order valence-corrected chi connectivity index (χ2v) is 6.97. The molecule has 0 aliphatic carbocycles. The summed E-state index contributed by atoms with van der Waals surface area (Å²) in [6.45, 7) is 11.5. The van der Waals surface area contributed by atoms with Crippen LogP contribution in [0, 0.1) is 29.1 Å². The highest BCUT2D eigenvalue weighted by atomic mass is 16.2. The van der Waals surface area contributed by atoms with Gasteiger partial charge < -0.3 is 4.90 Å². The lowest BCUT2D eigenvalue weighted by Crippen LogP contribution is -2.39. The lowest BCUT2D eigenvalue weighted by Gasteiger charge is -2.30. The Balaban J connectivity index is 2.44. The van der Waals surface area contributed by atoms with Crippen molar-refractivity contribution in [2.24, 2.45) is 17.3 Å². The van der Waals surface area contributed by atoms with Gasteiger partial charge in [-0.2, -0.15) is 0 Å². The van der Waals surface area contributed by atoms with E-state index in [0.717, 1.165) is 25.9 Å². The van der Waals surface area contributed by atoms with Crippen molar-refractivity contribution in [3.05, 3.63) is 0 Å². The van der Waals surface area contributed by atoms with Gasteiger partial charge in [0.15, 0.2) is 0 Å². The van der Waals surface area contributed by atoms with E-state index in [2.05, 4.69) is 32.6 Å². The predicted molar refractivity (Wildman–Crippen MR) is 81.0 cm³/mol. The van der Waals surface area contributed by atoms with Gasteiger partial charge in [0.2, 0.25) is 5.91 Å². The van der Waals surface area contributed by atoms with E-state index in [1.807, 2.05) is 18.7 Å². The molecular weight excluding hydrogens is 250 g/mol. The summed E-state index contributed by atoms with van der Waals surface area (Å²) in [6.07, 6.45) is 1.89. The Bertz CT molecular complexity index is 412. The quantitative estimate of drug-likeness (QED) is 0.587. The summed E-state index contributed by atoms with van der Waals surface area (Å²) in [5.41, 5.74) is 0.0383. The van der Waals surface area contributed by atoms with Crippen LogP contribution in [0.2, 0.25) is 0 Å². The molecule has 1 heterocycles. The van der Waals surface area contributed by atoms with Crippen LogP contribution in [0.3, 0.4) is 0 Å². The fourth-order valence-corrected chi connectivity index (χ4v) is 2.06. The average Bonchev–Trinajstić information content (AvgIpc) is 2.35. The minimum atomic E-state index is -0.0610. The van der Waals surface area contributed by atoms with Gasteiger partial charge in [-0.05, 0) is 33.6 Å². The van der Waals surface area contributed by atoms with Gasteiger partial charge in [-0.3, -0.25) is 9.59 Å². The molecule has 0 aromatic rings. The first-order chi connectivity index (χ1) is 9.19. The molecule has 1 rings (SSSR count). The molecule has 1 saturated heterocycles. The highest BCUT2D eigenvalue weighted by Crippen LogP contribution is 2.19. The molecule has 3 heteroatoms. The maximum atomic E-state index is 12.0.